The molecule has 1 aliphatic heterocycles. The highest BCUT2D eigenvalue weighted by Gasteiger charge is 2.43. The van der Waals surface area contributed by atoms with E-state index >= 15 is 0 Å². The molecule has 1 aliphatic carbocycles. The van der Waals surface area contributed by atoms with E-state index < -0.39 is 5.41 Å². The summed E-state index contributed by atoms with van der Waals surface area (Å²) in [5.41, 5.74) is 0.663. The first-order valence-corrected chi connectivity index (χ1v) is 8.32. The Morgan fingerprint density at radius 2 is 1.95 bits per heavy atom. The summed E-state index contributed by atoms with van der Waals surface area (Å²) in [5, 5.41) is 4.50. The molecule has 5 heteroatoms. The highest BCUT2D eigenvalue weighted by Crippen LogP contribution is 2.41. The molecule has 1 amide bonds. The van der Waals surface area contributed by atoms with Crippen LogP contribution in [-0.2, 0) is 10.2 Å². The average Bonchev–Trinajstić information content (AvgIpc) is 3.10. The molecule has 0 bridgehead atoms. The lowest BCUT2D eigenvalue weighted by Gasteiger charge is -2.28. The molecule has 1 saturated carbocycles. The molecular formula is C15H17ClN2OS. The first-order chi connectivity index (χ1) is 9.71. The molecule has 1 aromatic rings. The van der Waals surface area contributed by atoms with Crippen LogP contribution in [0.5, 0.6) is 0 Å². The summed E-state index contributed by atoms with van der Waals surface area (Å²) in [6, 6.07) is 7.70. The molecule has 0 spiro atoms. The second kappa shape index (κ2) is 5.78. The normalized spacial score (nSPS) is 20.8. The molecule has 20 heavy (non-hydrogen) atoms. The third-order valence-corrected chi connectivity index (χ3v) is 5.24. The Morgan fingerprint density at radius 3 is 2.55 bits per heavy atom. The van der Waals surface area contributed by atoms with Crippen molar-refractivity contribution in [2.24, 2.45) is 4.99 Å². The number of carbonyl (C=O) groups is 1. The summed E-state index contributed by atoms with van der Waals surface area (Å²) < 4.78 is 0. The van der Waals surface area contributed by atoms with Gasteiger partial charge in [0.2, 0.25) is 5.91 Å². The highest BCUT2D eigenvalue weighted by atomic mass is 35.5. The molecule has 0 atom stereocenters. The lowest BCUT2D eigenvalue weighted by atomic mass is 9.78. The van der Waals surface area contributed by atoms with E-state index in [0.29, 0.717) is 5.02 Å². The van der Waals surface area contributed by atoms with Gasteiger partial charge in [-0.25, -0.2) is 0 Å². The number of hydrogen-bond donors (Lipinski definition) is 1. The van der Waals surface area contributed by atoms with Crippen molar-refractivity contribution < 1.29 is 4.79 Å². The summed E-state index contributed by atoms with van der Waals surface area (Å²) in [5.74, 6) is 1.05. The number of rotatable bonds is 2. The second-order valence-electron chi connectivity index (χ2n) is 5.29. The number of halogens is 1. The highest BCUT2D eigenvalue weighted by molar-refractivity contribution is 8.14. The Kier molecular flexibility index (Phi) is 4.03. The molecule has 3 rings (SSSR count). The van der Waals surface area contributed by atoms with Gasteiger partial charge in [0.05, 0.1) is 12.0 Å². The maximum absolute atomic E-state index is 12.8. The van der Waals surface area contributed by atoms with Crippen molar-refractivity contribution in [3.05, 3.63) is 34.9 Å². The van der Waals surface area contributed by atoms with Gasteiger partial charge in [-0.3, -0.25) is 9.79 Å². The Labute approximate surface area is 128 Å². The van der Waals surface area contributed by atoms with Crippen LogP contribution in [0.2, 0.25) is 5.02 Å². The number of benzene rings is 1. The fraction of sp³-hybridized carbons (Fsp3) is 0.467. The predicted molar refractivity (Wildman–Crippen MR) is 84.5 cm³/mol. The number of nitrogens with one attached hydrogen (secondary N) is 1. The minimum Gasteiger partial charge on any atom is -0.305 e. The first-order valence-electron chi connectivity index (χ1n) is 6.95. The fourth-order valence-corrected chi connectivity index (χ4v) is 3.87. The van der Waals surface area contributed by atoms with Crippen LogP contribution < -0.4 is 5.32 Å². The summed E-state index contributed by atoms with van der Waals surface area (Å²) in [4.78, 5) is 17.1. The molecule has 0 aromatic heterocycles. The fourth-order valence-electron chi connectivity index (χ4n) is 3.02. The zero-order chi connectivity index (χ0) is 14.0. The molecule has 0 saturated heterocycles. The molecule has 1 fully saturated rings. The Morgan fingerprint density at radius 1 is 1.25 bits per heavy atom. The van der Waals surface area contributed by atoms with E-state index in [1.807, 2.05) is 24.3 Å². The maximum Gasteiger partial charge on any atom is 0.236 e. The Balaban J connectivity index is 1.87. The van der Waals surface area contributed by atoms with Crippen molar-refractivity contribution in [3.63, 3.8) is 0 Å². The SMILES string of the molecule is O=C(NC1=NCCS1)C1(c2ccc(Cl)cc2)CCCC1. The van der Waals surface area contributed by atoms with Crippen LogP contribution in [0.25, 0.3) is 0 Å². The molecule has 1 aromatic carbocycles. The van der Waals surface area contributed by atoms with Crippen LogP contribution in [0, 0.1) is 0 Å². The van der Waals surface area contributed by atoms with Gasteiger partial charge >= 0.3 is 0 Å². The number of amides is 1. The van der Waals surface area contributed by atoms with Crippen molar-refractivity contribution in [2.75, 3.05) is 12.3 Å². The number of amidine groups is 1. The predicted octanol–water partition coefficient (Wildman–Crippen LogP) is 3.37. The second-order valence-corrected chi connectivity index (χ2v) is 6.81. The van der Waals surface area contributed by atoms with Gasteiger partial charge in [-0.15, -0.1) is 0 Å². The Hall–Kier alpha value is -1.00. The zero-order valence-corrected chi connectivity index (χ0v) is 12.8. The molecule has 3 nitrogen and oxygen atoms in total. The van der Waals surface area contributed by atoms with Gasteiger partial charge in [-0.05, 0) is 30.5 Å². The van der Waals surface area contributed by atoms with Crippen molar-refractivity contribution in [1.82, 2.24) is 5.32 Å². The van der Waals surface area contributed by atoms with Gasteiger partial charge in [-0.1, -0.05) is 48.3 Å². The Bertz CT molecular complexity index is 535. The third-order valence-electron chi connectivity index (χ3n) is 4.09. The quantitative estimate of drug-likeness (QED) is 0.910. The molecule has 1 heterocycles. The minimum atomic E-state index is -0.406. The molecule has 106 valence electrons. The number of nitrogens with zero attached hydrogens (tertiary/aromatic N) is 1. The molecule has 0 radical (unpaired) electrons. The number of thioether (sulfide) groups is 1. The largest absolute Gasteiger partial charge is 0.305 e. The third kappa shape index (κ3) is 2.59. The molecular weight excluding hydrogens is 292 g/mol. The van der Waals surface area contributed by atoms with Crippen molar-refractivity contribution in [1.29, 1.82) is 0 Å². The zero-order valence-electron chi connectivity index (χ0n) is 11.2. The smallest absolute Gasteiger partial charge is 0.236 e. The number of hydrogen-bond acceptors (Lipinski definition) is 3. The van der Waals surface area contributed by atoms with Gasteiger partial charge in [-0.2, -0.15) is 0 Å². The van der Waals surface area contributed by atoms with Crippen LogP contribution in [0.4, 0.5) is 0 Å². The summed E-state index contributed by atoms with van der Waals surface area (Å²) in [6.45, 7) is 0.800. The minimum absolute atomic E-state index is 0.0884. The van der Waals surface area contributed by atoms with Crippen molar-refractivity contribution >= 4 is 34.4 Å². The van der Waals surface area contributed by atoms with Crippen LogP contribution >= 0.6 is 23.4 Å². The van der Waals surface area contributed by atoms with Crippen LogP contribution in [0.3, 0.4) is 0 Å². The van der Waals surface area contributed by atoms with Crippen molar-refractivity contribution in [2.45, 2.75) is 31.1 Å². The maximum atomic E-state index is 12.8. The van der Waals surface area contributed by atoms with E-state index in [4.69, 9.17) is 11.6 Å². The molecule has 1 N–H and O–H groups in total. The van der Waals surface area contributed by atoms with Gasteiger partial charge in [0.15, 0.2) is 5.17 Å². The summed E-state index contributed by atoms with van der Waals surface area (Å²) in [7, 11) is 0. The van der Waals surface area contributed by atoms with E-state index in [1.54, 1.807) is 11.8 Å². The van der Waals surface area contributed by atoms with E-state index in [-0.39, 0.29) is 5.91 Å². The van der Waals surface area contributed by atoms with Gasteiger partial charge in [0, 0.05) is 10.8 Å². The number of aliphatic imine (C=N–C) groups is 1. The van der Waals surface area contributed by atoms with Crippen LogP contribution in [0.1, 0.15) is 31.2 Å². The molecule has 0 unspecified atom stereocenters. The molecule has 2 aliphatic rings. The lowest BCUT2D eigenvalue weighted by Crippen LogP contribution is -2.44. The van der Waals surface area contributed by atoms with Gasteiger partial charge < -0.3 is 5.32 Å². The van der Waals surface area contributed by atoms with Crippen molar-refractivity contribution in [3.8, 4) is 0 Å². The monoisotopic (exact) mass is 308 g/mol. The number of carbonyl (C=O) groups excluding carboxylic acids is 1. The van der Waals surface area contributed by atoms with E-state index in [1.165, 1.54) is 0 Å². The average molecular weight is 309 g/mol. The van der Waals surface area contributed by atoms with Crippen LogP contribution in [-0.4, -0.2) is 23.4 Å². The summed E-state index contributed by atoms with van der Waals surface area (Å²) in [6.07, 6.45) is 3.99. The topological polar surface area (TPSA) is 41.5 Å². The van der Waals surface area contributed by atoms with E-state index in [0.717, 1.165) is 48.7 Å². The van der Waals surface area contributed by atoms with Gasteiger partial charge in [0.25, 0.3) is 0 Å². The summed E-state index contributed by atoms with van der Waals surface area (Å²) >= 11 is 7.58. The lowest BCUT2D eigenvalue weighted by molar-refractivity contribution is -0.125. The van der Waals surface area contributed by atoms with Crippen LogP contribution in [0.15, 0.2) is 29.3 Å². The van der Waals surface area contributed by atoms with E-state index in [9.17, 15) is 4.79 Å². The first kappa shape index (κ1) is 14.0. The van der Waals surface area contributed by atoms with E-state index in [2.05, 4.69) is 10.3 Å². The standard InChI is InChI=1S/C15H17ClN2OS/c16-12-5-3-11(4-6-12)15(7-1-2-8-15)13(19)18-14-17-9-10-20-14/h3-6H,1-2,7-10H2,(H,17,18,19). The van der Waals surface area contributed by atoms with Gasteiger partial charge in [0.1, 0.15) is 0 Å².